The Morgan fingerprint density at radius 2 is 1.74 bits per heavy atom. The summed E-state index contributed by atoms with van der Waals surface area (Å²) in [7, 11) is 1.71. The first-order valence-corrected chi connectivity index (χ1v) is 11.7. The number of carbonyl (C=O) groups excluding carboxylic acids is 2. The van der Waals surface area contributed by atoms with Crippen molar-refractivity contribution in [2.75, 3.05) is 31.7 Å². The van der Waals surface area contributed by atoms with Crippen LogP contribution in [0.4, 0.5) is 10.5 Å². The van der Waals surface area contributed by atoms with Gasteiger partial charge >= 0.3 is 6.03 Å². The number of aryl methyl sites for hydroxylation is 1. The minimum absolute atomic E-state index is 0.222. The average Bonchev–Trinajstić information content (AvgIpc) is 3.42. The number of hydrogen-bond acceptors (Lipinski definition) is 6. The Kier molecular flexibility index (Phi) is 5.83. The van der Waals surface area contributed by atoms with Crippen molar-refractivity contribution in [3.63, 3.8) is 0 Å². The maximum atomic E-state index is 13.6. The maximum Gasteiger partial charge on any atom is 0.328 e. The van der Waals surface area contributed by atoms with Crippen molar-refractivity contribution < 1.29 is 14.3 Å². The molecule has 8 nitrogen and oxygen atoms in total. The summed E-state index contributed by atoms with van der Waals surface area (Å²) in [5, 5.41) is 0. The molecule has 3 aliphatic heterocycles. The molecule has 3 heterocycles. The number of amides is 3. The zero-order chi connectivity index (χ0) is 23.8. The number of rotatable bonds is 7. The summed E-state index contributed by atoms with van der Waals surface area (Å²) in [4.78, 5) is 38.4. The van der Waals surface area contributed by atoms with Gasteiger partial charge in [-0.3, -0.25) is 19.5 Å². The Morgan fingerprint density at radius 1 is 1.00 bits per heavy atom. The monoisotopic (exact) mass is 459 g/mol. The largest absolute Gasteiger partial charge is 0.380 e. The molecule has 176 valence electrons. The Hall–Kier alpha value is -3.65. The molecule has 0 aliphatic carbocycles. The number of fused-ring (bicyclic) bond motifs is 3. The number of likely N-dealkylation sites (N-methyl/N-ethyl adjacent to an activating group) is 1. The third kappa shape index (κ3) is 3.45. The van der Waals surface area contributed by atoms with Crippen LogP contribution < -0.4 is 4.90 Å². The lowest BCUT2D eigenvalue weighted by Gasteiger charge is -2.40. The first-order chi connectivity index (χ1) is 16.6. The molecule has 1 fully saturated rings. The molecule has 2 unspecified atom stereocenters. The highest BCUT2D eigenvalue weighted by Crippen LogP contribution is 2.41. The fourth-order valence-corrected chi connectivity index (χ4v) is 4.82. The van der Waals surface area contributed by atoms with Crippen LogP contribution in [0.25, 0.3) is 5.70 Å². The number of urea groups is 1. The van der Waals surface area contributed by atoms with Crippen LogP contribution in [0.1, 0.15) is 25.0 Å². The third-order valence-corrected chi connectivity index (χ3v) is 6.56. The predicted octanol–water partition coefficient (Wildman–Crippen LogP) is 3.36. The zero-order valence-electron chi connectivity index (χ0n) is 19.7. The van der Waals surface area contributed by atoms with Gasteiger partial charge in [-0.05, 0) is 25.0 Å². The minimum Gasteiger partial charge on any atom is -0.380 e. The zero-order valence-corrected chi connectivity index (χ0v) is 19.7. The third-order valence-electron chi connectivity index (χ3n) is 6.56. The molecule has 2 aromatic carbocycles. The van der Waals surface area contributed by atoms with E-state index in [4.69, 9.17) is 9.73 Å². The van der Waals surface area contributed by atoms with E-state index in [9.17, 15) is 9.59 Å². The Balaban J connectivity index is 1.58. The van der Waals surface area contributed by atoms with Gasteiger partial charge in [0.25, 0.3) is 5.91 Å². The summed E-state index contributed by atoms with van der Waals surface area (Å²) >= 11 is 0. The summed E-state index contributed by atoms with van der Waals surface area (Å²) in [6.07, 6.45) is 2.27. The highest BCUT2D eigenvalue weighted by atomic mass is 16.5. The molecule has 0 saturated carbocycles. The smallest absolute Gasteiger partial charge is 0.328 e. The molecule has 5 rings (SSSR count). The van der Waals surface area contributed by atoms with Crippen molar-refractivity contribution in [2.24, 2.45) is 4.99 Å². The summed E-state index contributed by atoms with van der Waals surface area (Å²) in [5.74, 6) is 0.412. The van der Waals surface area contributed by atoms with Crippen LogP contribution >= 0.6 is 0 Å². The Morgan fingerprint density at radius 3 is 2.47 bits per heavy atom. The minimum atomic E-state index is -0.614. The predicted molar refractivity (Wildman–Crippen MR) is 131 cm³/mol. The molecule has 0 aromatic heterocycles. The van der Waals surface area contributed by atoms with Crippen LogP contribution in [0, 0.1) is 0 Å². The molecule has 34 heavy (non-hydrogen) atoms. The summed E-state index contributed by atoms with van der Waals surface area (Å²) in [6.45, 7) is 5.09. The molecular formula is C26H29N5O3. The van der Waals surface area contributed by atoms with Gasteiger partial charge in [-0.15, -0.1) is 0 Å². The number of aliphatic imine (C=N–C) groups is 1. The summed E-state index contributed by atoms with van der Waals surface area (Å²) < 4.78 is 5.41. The average molecular weight is 460 g/mol. The van der Waals surface area contributed by atoms with E-state index in [1.54, 1.807) is 11.9 Å². The topological polar surface area (TPSA) is 68.7 Å². The van der Waals surface area contributed by atoms with E-state index in [0.717, 1.165) is 23.4 Å². The number of benzene rings is 2. The molecule has 0 spiro atoms. The lowest BCUT2D eigenvalue weighted by molar-refractivity contribution is -0.137. The molecule has 8 heteroatoms. The van der Waals surface area contributed by atoms with Gasteiger partial charge in [0.1, 0.15) is 0 Å². The Bertz CT molecular complexity index is 1160. The van der Waals surface area contributed by atoms with Crippen LogP contribution in [0.2, 0.25) is 0 Å². The Labute approximate surface area is 199 Å². The van der Waals surface area contributed by atoms with E-state index >= 15 is 0 Å². The molecule has 1 saturated heterocycles. The quantitative estimate of drug-likeness (QED) is 0.594. The second-order valence-corrected chi connectivity index (χ2v) is 8.47. The van der Waals surface area contributed by atoms with Gasteiger partial charge < -0.3 is 9.64 Å². The van der Waals surface area contributed by atoms with Crippen molar-refractivity contribution in [1.82, 2.24) is 14.7 Å². The summed E-state index contributed by atoms with van der Waals surface area (Å²) in [6, 6.07) is 17.4. The van der Waals surface area contributed by atoms with E-state index in [1.165, 1.54) is 10.5 Å². The first-order valence-electron chi connectivity index (χ1n) is 11.7. The van der Waals surface area contributed by atoms with Crippen molar-refractivity contribution in [3.05, 3.63) is 71.9 Å². The molecule has 3 aliphatic rings. The van der Waals surface area contributed by atoms with E-state index in [1.807, 2.05) is 48.4 Å². The molecule has 0 radical (unpaired) electrons. The van der Waals surface area contributed by atoms with Crippen LogP contribution in [0.3, 0.4) is 0 Å². The van der Waals surface area contributed by atoms with Gasteiger partial charge in [0.2, 0.25) is 5.96 Å². The van der Waals surface area contributed by atoms with Gasteiger partial charge in [-0.1, -0.05) is 55.5 Å². The molecule has 2 atom stereocenters. The van der Waals surface area contributed by atoms with E-state index in [2.05, 4.69) is 36.1 Å². The maximum absolute atomic E-state index is 13.6. The van der Waals surface area contributed by atoms with Gasteiger partial charge in [-0.25, -0.2) is 9.79 Å². The molecule has 3 amide bonds. The number of hydrogen-bond donors (Lipinski definition) is 0. The second-order valence-electron chi connectivity index (χ2n) is 8.47. The fourth-order valence-electron chi connectivity index (χ4n) is 4.82. The van der Waals surface area contributed by atoms with Crippen molar-refractivity contribution in [1.29, 1.82) is 0 Å². The number of para-hydroxylation sites is 1. The first kappa shape index (κ1) is 22.2. The number of ether oxygens (including phenoxy) is 1. The van der Waals surface area contributed by atoms with Crippen molar-refractivity contribution in [2.45, 2.75) is 32.5 Å². The second kappa shape index (κ2) is 8.95. The van der Waals surface area contributed by atoms with E-state index in [-0.39, 0.29) is 18.5 Å². The number of carbonyl (C=O) groups is 2. The lowest BCUT2D eigenvalue weighted by atomic mass is 10.1. The van der Waals surface area contributed by atoms with Gasteiger partial charge in [0.05, 0.1) is 24.5 Å². The number of nitrogens with zero attached hydrogens (tertiary/aromatic N) is 5. The van der Waals surface area contributed by atoms with Crippen molar-refractivity contribution >= 4 is 29.3 Å². The van der Waals surface area contributed by atoms with Gasteiger partial charge in [-0.2, -0.15) is 0 Å². The molecule has 2 aromatic rings. The number of anilines is 1. The van der Waals surface area contributed by atoms with Crippen LogP contribution in [-0.2, 0) is 16.0 Å². The molecule has 0 N–H and O–H groups in total. The lowest BCUT2D eigenvalue weighted by Crippen LogP contribution is -2.64. The van der Waals surface area contributed by atoms with E-state index < -0.39 is 12.2 Å². The molecule has 0 bridgehead atoms. The fraction of sp³-hybridized carbons (Fsp3) is 0.346. The van der Waals surface area contributed by atoms with Crippen molar-refractivity contribution in [3.8, 4) is 0 Å². The summed E-state index contributed by atoms with van der Waals surface area (Å²) in [5.41, 5.74) is 4.18. The van der Waals surface area contributed by atoms with Gasteiger partial charge in [0, 0.05) is 25.4 Å². The number of imide groups is 1. The van der Waals surface area contributed by atoms with Crippen LogP contribution in [-0.4, -0.2) is 71.6 Å². The number of guanidine groups is 1. The van der Waals surface area contributed by atoms with Crippen LogP contribution in [0.5, 0.6) is 0 Å². The van der Waals surface area contributed by atoms with Gasteiger partial charge in [0.15, 0.2) is 12.2 Å². The highest BCUT2D eigenvalue weighted by Gasteiger charge is 2.54. The standard InChI is InChI=1S/C26H29N5O3/c1-4-18-11-9-10-14-20(18)31-21(19-12-7-6-8-13-19)17-30-22-23(27-25(30)31)28(3)26(33)29(24(22)32)15-16-34-5-2/h6-14,17,22-23H,4-5,15-16H2,1-3H3. The molecular weight excluding hydrogens is 430 g/mol. The normalized spacial score (nSPS) is 21.6. The van der Waals surface area contributed by atoms with E-state index in [0.29, 0.717) is 19.2 Å². The van der Waals surface area contributed by atoms with Crippen LogP contribution in [0.15, 0.2) is 65.8 Å². The SMILES string of the molecule is CCOCCN1C(=O)C2C(N=C3N(c4ccccc4CC)C(c4ccccc4)=CN32)N(C)C1=O. The highest BCUT2D eigenvalue weighted by molar-refractivity contribution is 6.16.